The zero-order valence-corrected chi connectivity index (χ0v) is 11.3. The van der Waals surface area contributed by atoms with Crippen LogP contribution < -0.4 is 4.90 Å². The number of nitrogens with zero attached hydrogens (tertiary/aromatic N) is 2. The first-order valence-corrected chi connectivity index (χ1v) is 5.99. The number of hydrogen-bond acceptors (Lipinski definition) is 4. The molecule has 0 bridgehead atoms. The van der Waals surface area contributed by atoms with Crippen LogP contribution in [0.1, 0.15) is 26.3 Å². The maximum atomic E-state index is 10.7. The molecule has 0 fully saturated rings. The highest BCUT2D eigenvalue weighted by Crippen LogP contribution is 2.27. The lowest BCUT2D eigenvalue weighted by Gasteiger charge is -2.31. The molecular weight excluding hydrogens is 232 g/mol. The van der Waals surface area contributed by atoms with E-state index in [1.54, 1.807) is 6.07 Å². The van der Waals surface area contributed by atoms with Gasteiger partial charge in [-0.2, -0.15) is 0 Å². The van der Waals surface area contributed by atoms with Crippen LogP contribution in [0.15, 0.2) is 18.2 Å². The quantitative estimate of drug-likeness (QED) is 0.646. The van der Waals surface area contributed by atoms with Crippen LogP contribution >= 0.6 is 0 Å². The largest absolute Gasteiger partial charge is 0.392 e. The molecule has 100 valence electrons. The summed E-state index contributed by atoms with van der Waals surface area (Å²) >= 11 is 0. The highest BCUT2D eigenvalue weighted by molar-refractivity contribution is 5.57. The number of aliphatic hydroxyl groups excluding tert-OH is 1. The van der Waals surface area contributed by atoms with Crippen LogP contribution in [0, 0.1) is 16.0 Å². The molecule has 18 heavy (non-hydrogen) atoms. The van der Waals surface area contributed by atoms with Crippen LogP contribution in [0.5, 0.6) is 0 Å². The van der Waals surface area contributed by atoms with Gasteiger partial charge in [0.1, 0.15) is 0 Å². The normalized spacial score (nSPS) is 12.6. The number of rotatable bonds is 5. The van der Waals surface area contributed by atoms with Crippen molar-refractivity contribution in [2.75, 3.05) is 11.9 Å². The Kier molecular flexibility index (Phi) is 4.67. The van der Waals surface area contributed by atoms with Crippen molar-refractivity contribution in [3.05, 3.63) is 33.9 Å². The van der Waals surface area contributed by atoms with Crippen molar-refractivity contribution in [3.8, 4) is 0 Å². The summed E-state index contributed by atoms with van der Waals surface area (Å²) in [6.07, 6.45) is 0. The second-order valence-corrected chi connectivity index (χ2v) is 4.82. The number of benzene rings is 1. The maximum Gasteiger partial charge on any atom is 0.269 e. The van der Waals surface area contributed by atoms with Gasteiger partial charge in [0.2, 0.25) is 0 Å². The van der Waals surface area contributed by atoms with Crippen molar-refractivity contribution in [3.63, 3.8) is 0 Å². The summed E-state index contributed by atoms with van der Waals surface area (Å²) in [6, 6.07) is 4.89. The second kappa shape index (κ2) is 5.82. The summed E-state index contributed by atoms with van der Waals surface area (Å²) in [7, 11) is 1.94. The summed E-state index contributed by atoms with van der Waals surface area (Å²) in [5.74, 6) is 0.455. The van der Waals surface area contributed by atoms with E-state index in [-0.39, 0.29) is 18.3 Å². The molecule has 0 aliphatic carbocycles. The topological polar surface area (TPSA) is 66.6 Å². The van der Waals surface area contributed by atoms with Crippen LogP contribution in [-0.2, 0) is 6.61 Å². The molecule has 0 saturated heterocycles. The third kappa shape index (κ3) is 2.98. The van der Waals surface area contributed by atoms with E-state index in [1.165, 1.54) is 12.1 Å². The lowest BCUT2D eigenvalue weighted by molar-refractivity contribution is -0.384. The van der Waals surface area contributed by atoms with E-state index in [9.17, 15) is 15.2 Å². The fourth-order valence-corrected chi connectivity index (χ4v) is 1.82. The minimum absolute atomic E-state index is 0.00778. The molecule has 0 spiro atoms. The molecule has 1 aromatic rings. The second-order valence-electron chi connectivity index (χ2n) is 4.82. The standard InChI is InChI=1S/C13H20N2O3/c1-9(2)10(3)14(4)13-6-5-12(15(17)18)7-11(13)8-16/h5-7,9-10,16H,8H2,1-4H3. The van der Waals surface area contributed by atoms with Gasteiger partial charge < -0.3 is 10.0 Å². The molecule has 0 radical (unpaired) electrons. The minimum atomic E-state index is -0.450. The van der Waals surface area contributed by atoms with Gasteiger partial charge in [0, 0.05) is 36.5 Å². The highest BCUT2D eigenvalue weighted by Gasteiger charge is 2.18. The minimum Gasteiger partial charge on any atom is -0.392 e. The molecule has 5 nitrogen and oxygen atoms in total. The van der Waals surface area contributed by atoms with E-state index in [4.69, 9.17) is 0 Å². The van der Waals surface area contributed by atoms with Crippen LogP contribution in [0.25, 0.3) is 0 Å². The van der Waals surface area contributed by atoms with E-state index in [1.807, 2.05) is 11.9 Å². The third-order valence-corrected chi connectivity index (χ3v) is 3.40. The average molecular weight is 252 g/mol. The molecule has 0 aliphatic heterocycles. The molecule has 0 aromatic heterocycles. The zero-order valence-electron chi connectivity index (χ0n) is 11.3. The Hall–Kier alpha value is -1.62. The Balaban J connectivity index is 3.13. The Morgan fingerprint density at radius 3 is 2.44 bits per heavy atom. The van der Waals surface area contributed by atoms with E-state index < -0.39 is 4.92 Å². The molecule has 1 rings (SSSR count). The van der Waals surface area contributed by atoms with Gasteiger partial charge in [0.25, 0.3) is 5.69 Å². The molecule has 1 unspecified atom stereocenters. The van der Waals surface area contributed by atoms with Gasteiger partial charge >= 0.3 is 0 Å². The molecule has 1 atom stereocenters. The predicted molar refractivity (Wildman–Crippen MR) is 71.7 cm³/mol. The van der Waals surface area contributed by atoms with E-state index in [0.717, 1.165) is 5.69 Å². The van der Waals surface area contributed by atoms with Crippen molar-refractivity contribution in [2.45, 2.75) is 33.4 Å². The van der Waals surface area contributed by atoms with Gasteiger partial charge in [-0.15, -0.1) is 0 Å². The summed E-state index contributed by atoms with van der Waals surface area (Å²) in [6.45, 7) is 6.12. The third-order valence-electron chi connectivity index (χ3n) is 3.40. The summed E-state index contributed by atoms with van der Waals surface area (Å²) in [5, 5.41) is 20.0. The fourth-order valence-electron chi connectivity index (χ4n) is 1.82. The smallest absolute Gasteiger partial charge is 0.269 e. The first-order valence-electron chi connectivity index (χ1n) is 5.99. The molecule has 0 amide bonds. The molecule has 0 aliphatic rings. The van der Waals surface area contributed by atoms with Crippen molar-refractivity contribution < 1.29 is 10.0 Å². The van der Waals surface area contributed by atoms with Crippen LogP contribution in [0.2, 0.25) is 0 Å². The van der Waals surface area contributed by atoms with Gasteiger partial charge in [-0.25, -0.2) is 0 Å². The lowest BCUT2D eigenvalue weighted by Crippen LogP contribution is -2.33. The average Bonchev–Trinajstić information content (AvgIpc) is 2.35. The van der Waals surface area contributed by atoms with Gasteiger partial charge in [-0.05, 0) is 18.9 Å². The van der Waals surface area contributed by atoms with Crippen molar-refractivity contribution >= 4 is 11.4 Å². The number of hydrogen-bond donors (Lipinski definition) is 1. The van der Waals surface area contributed by atoms with Crippen LogP contribution in [0.3, 0.4) is 0 Å². The Morgan fingerprint density at radius 2 is 2.00 bits per heavy atom. The number of nitro benzene ring substituents is 1. The molecule has 5 heteroatoms. The number of nitro groups is 1. The van der Waals surface area contributed by atoms with Crippen LogP contribution in [-0.4, -0.2) is 23.1 Å². The maximum absolute atomic E-state index is 10.7. The van der Waals surface area contributed by atoms with E-state index >= 15 is 0 Å². The number of aliphatic hydroxyl groups is 1. The van der Waals surface area contributed by atoms with Gasteiger partial charge in [-0.1, -0.05) is 13.8 Å². The van der Waals surface area contributed by atoms with Crippen molar-refractivity contribution in [1.29, 1.82) is 0 Å². The molecule has 1 aromatic carbocycles. The lowest BCUT2D eigenvalue weighted by atomic mass is 10.0. The summed E-state index contributed by atoms with van der Waals surface area (Å²) < 4.78 is 0. The summed E-state index contributed by atoms with van der Waals surface area (Å²) in [4.78, 5) is 12.3. The predicted octanol–water partition coefficient (Wildman–Crippen LogP) is 2.57. The Morgan fingerprint density at radius 1 is 1.39 bits per heavy atom. The first kappa shape index (κ1) is 14.4. The number of non-ortho nitro benzene ring substituents is 1. The first-order chi connectivity index (χ1) is 8.38. The zero-order chi connectivity index (χ0) is 13.9. The SMILES string of the molecule is CC(C)C(C)N(C)c1ccc([N+](=O)[O-])cc1CO. The molecule has 0 saturated carbocycles. The van der Waals surface area contributed by atoms with Gasteiger partial charge in [-0.3, -0.25) is 10.1 Å². The van der Waals surface area contributed by atoms with Crippen molar-refractivity contribution in [1.82, 2.24) is 0 Å². The summed E-state index contributed by atoms with van der Waals surface area (Å²) in [5.41, 5.74) is 1.43. The van der Waals surface area contributed by atoms with Gasteiger partial charge in [0.05, 0.1) is 11.5 Å². The monoisotopic (exact) mass is 252 g/mol. The molecular formula is C13H20N2O3. The van der Waals surface area contributed by atoms with Crippen molar-refractivity contribution in [2.24, 2.45) is 5.92 Å². The fraction of sp³-hybridized carbons (Fsp3) is 0.538. The Labute approximate surface area is 107 Å². The highest BCUT2D eigenvalue weighted by atomic mass is 16.6. The number of anilines is 1. The van der Waals surface area contributed by atoms with Crippen LogP contribution in [0.4, 0.5) is 11.4 Å². The van der Waals surface area contributed by atoms with Gasteiger partial charge in [0.15, 0.2) is 0 Å². The Bertz CT molecular complexity index is 432. The van der Waals surface area contributed by atoms with E-state index in [0.29, 0.717) is 11.5 Å². The van der Waals surface area contributed by atoms with E-state index in [2.05, 4.69) is 20.8 Å². The molecule has 0 heterocycles. The molecule has 1 N–H and O–H groups in total.